The van der Waals surface area contributed by atoms with Crippen LogP contribution >= 0.6 is 15.6 Å². The van der Waals surface area contributed by atoms with Crippen LogP contribution in [0.3, 0.4) is 0 Å². The van der Waals surface area contributed by atoms with Gasteiger partial charge in [-0.1, -0.05) is 0 Å². The number of rotatable bonds is 2. The van der Waals surface area contributed by atoms with Gasteiger partial charge in [-0.2, -0.15) is 4.98 Å². The van der Waals surface area contributed by atoms with Crippen molar-refractivity contribution in [3.8, 4) is 0 Å². The second kappa shape index (κ2) is 11.6. The van der Waals surface area contributed by atoms with Gasteiger partial charge in [-0.25, -0.2) is 28.5 Å². The summed E-state index contributed by atoms with van der Waals surface area (Å²) in [4.78, 5) is 51.5. The van der Waals surface area contributed by atoms with Crippen LogP contribution in [0.15, 0.2) is 23.6 Å². The van der Waals surface area contributed by atoms with Gasteiger partial charge >= 0.3 is 15.6 Å². The zero-order valence-corrected chi connectivity index (χ0v) is 25.3. The molecule has 3 fully saturated rings. The van der Waals surface area contributed by atoms with E-state index in [1.165, 1.54) is 0 Å². The number of halogens is 1. The molecular formula is C22H26FN9O13P2. The molecule has 3 saturated heterocycles. The molecule has 2 unspecified atom stereocenters. The number of hydrogen-bond donors (Lipinski definition) is 7. The molecule has 4 aromatic heterocycles. The van der Waals surface area contributed by atoms with Crippen molar-refractivity contribution in [2.75, 3.05) is 31.3 Å². The Hall–Kier alpha value is -3.44. The van der Waals surface area contributed by atoms with Crippen molar-refractivity contribution in [2.45, 2.75) is 43.0 Å². The average Bonchev–Trinajstić information content (AvgIpc) is 3.73. The van der Waals surface area contributed by atoms with Crippen molar-refractivity contribution in [1.29, 1.82) is 0 Å². The lowest BCUT2D eigenvalue weighted by molar-refractivity contribution is -0.0586. The summed E-state index contributed by atoms with van der Waals surface area (Å²) in [6.45, 7) is -2.32. The highest BCUT2D eigenvalue weighted by atomic mass is 31.2. The van der Waals surface area contributed by atoms with Crippen LogP contribution in [-0.2, 0) is 36.7 Å². The number of hydrogen-bond acceptors (Lipinski definition) is 17. The molecule has 3 aliphatic rings. The third-order valence-electron chi connectivity index (χ3n) is 7.92. The summed E-state index contributed by atoms with van der Waals surface area (Å²) in [5, 5.41) is 22.1. The van der Waals surface area contributed by atoms with Crippen LogP contribution in [0.2, 0.25) is 0 Å². The third kappa shape index (κ3) is 5.73. The smallest absolute Gasteiger partial charge is 0.388 e. The third-order valence-corrected chi connectivity index (χ3v) is 9.85. The molecule has 0 aromatic carbocycles. The molecule has 254 valence electrons. The van der Waals surface area contributed by atoms with E-state index >= 15 is 0 Å². The highest BCUT2D eigenvalue weighted by Gasteiger charge is 2.52. The van der Waals surface area contributed by atoms with Gasteiger partial charge in [0.15, 0.2) is 35.1 Å². The first kappa shape index (κ1) is 32.1. The number of imidazole rings is 1. The van der Waals surface area contributed by atoms with Crippen molar-refractivity contribution in [3.63, 3.8) is 0 Å². The molecule has 3 aliphatic heterocycles. The molecule has 9 N–H and O–H groups in total. The molecule has 25 heteroatoms. The molecule has 0 saturated carbocycles. The second-order valence-corrected chi connectivity index (χ2v) is 13.6. The SMILES string of the molecule is Nc1nc2c(ncn2[C@@H]2O[C@@H]3COP(=O)(O)OC[C@H]4[C@@H](O)[C@H](n5cc(F)c6c(N)ncnc65)O[C@@H]4COP(=O)(O)O[C@@H]2[C@@H]3O)c(=O)[nH]1. The Kier molecular flexibility index (Phi) is 7.94. The van der Waals surface area contributed by atoms with E-state index in [1.807, 2.05) is 0 Å². The normalized spacial score (nSPS) is 36.9. The van der Waals surface area contributed by atoms with Gasteiger partial charge in [0, 0.05) is 12.1 Å². The predicted octanol–water partition coefficient (Wildman–Crippen LogP) is -1.35. The van der Waals surface area contributed by atoms with E-state index in [0.29, 0.717) is 0 Å². The Morgan fingerprint density at radius 3 is 2.40 bits per heavy atom. The molecule has 7 heterocycles. The molecule has 4 aromatic rings. The van der Waals surface area contributed by atoms with Gasteiger partial charge < -0.3 is 45.5 Å². The molecule has 0 radical (unpaired) electrons. The van der Waals surface area contributed by atoms with Gasteiger partial charge in [-0.05, 0) is 0 Å². The first-order valence-electron chi connectivity index (χ1n) is 13.7. The molecule has 0 spiro atoms. The molecule has 2 bridgehead atoms. The lowest BCUT2D eigenvalue weighted by atomic mass is 9.99. The summed E-state index contributed by atoms with van der Waals surface area (Å²) in [5.74, 6) is -2.55. The summed E-state index contributed by atoms with van der Waals surface area (Å²) in [5.41, 5.74) is 10.3. The van der Waals surface area contributed by atoms with E-state index in [9.17, 15) is 38.3 Å². The lowest BCUT2D eigenvalue weighted by Crippen LogP contribution is -2.36. The van der Waals surface area contributed by atoms with E-state index in [2.05, 4.69) is 24.9 Å². The Balaban J connectivity index is 1.21. The number of nitrogens with two attached hydrogens (primary N) is 2. The summed E-state index contributed by atoms with van der Waals surface area (Å²) in [6.07, 6.45) is -7.82. The highest BCUT2D eigenvalue weighted by molar-refractivity contribution is 7.47. The molecular weight excluding hydrogens is 679 g/mol. The number of anilines is 2. The van der Waals surface area contributed by atoms with Gasteiger partial charge in [0.1, 0.15) is 36.6 Å². The number of nitrogens with zero attached hydrogens (tertiary/aromatic N) is 6. The predicted molar refractivity (Wildman–Crippen MR) is 150 cm³/mol. The molecule has 0 aliphatic carbocycles. The van der Waals surface area contributed by atoms with Crippen LogP contribution in [0.5, 0.6) is 0 Å². The van der Waals surface area contributed by atoms with Crippen molar-refractivity contribution < 1.29 is 61.1 Å². The molecule has 22 nitrogen and oxygen atoms in total. The van der Waals surface area contributed by atoms with Gasteiger partial charge in [0.25, 0.3) is 5.56 Å². The number of fused-ring (bicyclic) bond motifs is 5. The Morgan fingerprint density at radius 2 is 1.62 bits per heavy atom. The minimum Gasteiger partial charge on any atom is -0.388 e. The number of aliphatic hydroxyl groups is 2. The van der Waals surface area contributed by atoms with Crippen molar-refractivity contribution in [2.24, 2.45) is 5.92 Å². The van der Waals surface area contributed by atoms with Crippen LogP contribution in [0.4, 0.5) is 16.2 Å². The fraction of sp³-hybridized carbons (Fsp3) is 0.500. The molecule has 10 atom stereocenters. The second-order valence-electron chi connectivity index (χ2n) is 10.8. The minimum atomic E-state index is -5.13. The van der Waals surface area contributed by atoms with E-state index in [1.54, 1.807) is 0 Å². The van der Waals surface area contributed by atoms with Gasteiger partial charge in [0.05, 0.1) is 37.6 Å². The van der Waals surface area contributed by atoms with E-state index in [-0.39, 0.29) is 34.0 Å². The van der Waals surface area contributed by atoms with Crippen molar-refractivity contribution in [1.82, 2.24) is 34.1 Å². The molecule has 47 heavy (non-hydrogen) atoms. The number of H-pyrrole nitrogens is 1. The summed E-state index contributed by atoms with van der Waals surface area (Å²) in [7, 11) is -10.1. The Labute approximate surface area is 260 Å². The van der Waals surface area contributed by atoms with E-state index in [4.69, 9.17) is 39.0 Å². The highest BCUT2D eigenvalue weighted by Crippen LogP contribution is 2.52. The Morgan fingerprint density at radius 1 is 0.915 bits per heavy atom. The van der Waals surface area contributed by atoms with Crippen LogP contribution in [0.1, 0.15) is 12.5 Å². The maximum atomic E-state index is 14.8. The monoisotopic (exact) mass is 705 g/mol. The topological polar surface area (TPSA) is 317 Å². The van der Waals surface area contributed by atoms with Gasteiger partial charge in [-0.15, -0.1) is 0 Å². The van der Waals surface area contributed by atoms with E-state index < -0.39 is 95.7 Å². The molecule has 7 rings (SSSR count). The lowest BCUT2D eigenvalue weighted by Gasteiger charge is -2.26. The van der Waals surface area contributed by atoms with Crippen LogP contribution < -0.4 is 17.0 Å². The quantitative estimate of drug-likeness (QED) is 0.119. The fourth-order valence-electron chi connectivity index (χ4n) is 5.71. The van der Waals surface area contributed by atoms with Crippen LogP contribution in [0.25, 0.3) is 22.2 Å². The fourth-order valence-corrected chi connectivity index (χ4v) is 7.41. The number of phosphoric acid groups is 2. The number of nitrogen functional groups attached to an aromatic ring is 2. The summed E-state index contributed by atoms with van der Waals surface area (Å²) in [6, 6.07) is 0. The molecule has 0 amide bonds. The van der Waals surface area contributed by atoms with Gasteiger partial charge in [0.2, 0.25) is 5.95 Å². The standard InChI is InChI=1S/C22H26FN9O13P2/c23-8-1-31(17-11(8)16(24)26-5-27-17)20-13(33)7-2-40-46(36,37)41-4-10-14(34)15(45-47(38,39)42-3-9(7)43-20)21(44-10)32-6-28-12-18(32)29-22(25)30-19(12)35/h1,5-7,9-10,13-15,20-21,33-34H,2-4H2,(H,36,37)(H,38,39)(H2,24,26,27)(H3,25,29,30,35)/t7-,9-,10-,13-,14-,15-,20-,21-/m1/s1. The number of aromatic nitrogens is 7. The summed E-state index contributed by atoms with van der Waals surface area (Å²) >= 11 is 0. The number of phosphoric ester groups is 2. The van der Waals surface area contributed by atoms with Crippen molar-refractivity contribution >= 4 is 49.6 Å². The average molecular weight is 705 g/mol. The largest absolute Gasteiger partial charge is 0.472 e. The van der Waals surface area contributed by atoms with Crippen LogP contribution in [0, 0.1) is 11.7 Å². The van der Waals surface area contributed by atoms with E-state index in [0.717, 1.165) is 28.0 Å². The number of aliphatic hydroxyl groups excluding tert-OH is 2. The maximum absolute atomic E-state index is 14.8. The minimum absolute atomic E-state index is 0.0557. The summed E-state index contributed by atoms with van der Waals surface area (Å²) < 4.78 is 75.5. The number of nitrogens with one attached hydrogen (secondary N) is 1. The zero-order chi connectivity index (χ0) is 33.4. The zero-order valence-electron chi connectivity index (χ0n) is 23.5. The van der Waals surface area contributed by atoms with Crippen LogP contribution in [-0.4, -0.2) is 104 Å². The maximum Gasteiger partial charge on any atom is 0.472 e. The van der Waals surface area contributed by atoms with Crippen molar-refractivity contribution in [3.05, 3.63) is 35.0 Å². The van der Waals surface area contributed by atoms with Gasteiger partial charge in [-0.3, -0.25) is 32.4 Å². The first-order chi connectivity index (χ1) is 22.2. The number of ether oxygens (including phenoxy) is 2. The number of aromatic amines is 1. The Bertz CT molecular complexity index is 2010. The first-order valence-corrected chi connectivity index (χ1v) is 16.7.